The van der Waals surface area contributed by atoms with Gasteiger partial charge in [-0.2, -0.15) is 0 Å². The molecule has 0 saturated heterocycles. The van der Waals surface area contributed by atoms with Crippen LogP contribution in [-0.2, 0) is 6.54 Å². The SMILES string of the molecule is Cc1cc(Oc2cncc(CNC(C)(C)C)n2)ccc1F. The summed E-state index contributed by atoms with van der Waals surface area (Å²) in [7, 11) is 0. The van der Waals surface area contributed by atoms with E-state index >= 15 is 0 Å². The fourth-order valence-corrected chi connectivity index (χ4v) is 1.68. The van der Waals surface area contributed by atoms with Gasteiger partial charge in [-0.25, -0.2) is 9.37 Å². The molecule has 0 unspecified atom stereocenters. The predicted molar refractivity (Wildman–Crippen MR) is 79.8 cm³/mol. The highest BCUT2D eigenvalue weighted by molar-refractivity contribution is 5.31. The van der Waals surface area contributed by atoms with E-state index in [2.05, 4.69) is 36.1 Å². The Morgan fingerprint density at radius 2 is 2.00 bits per heavy atom. The fourth-order valence-electron chi connectivity index (χ4n) is 1.68. The summed E-state index contributed by atoms with van der Waals surface area (Å²) in [5.74, 6) is 0.690. The third-order valence-corrected chi connectivity index (χ3v) is 2.81. The van der Waals surface area contributed by atoms with Gasteiger partial charge in [0.15, 0.2) is 0 Å². The van der Waals surface area contributed by atoms with Gasteiger partial charge in [0.05, 0.1) is 11.9 Å². The zero-order valence-corrected chi connectivity index (χ0v) is 12.8. The molecule has 0 atom stereocenters. The van der Waals surface area contributed by atoms with Crippen molar-refractivity contribution in [3.8, 4) is 11.6 Å². The van der Waals surface area contributed by atoms with Gasteiger partial charge in [-0.15, -0.1) is 0 Å². The second-order valence-electron chi connectivity index (χ2n) is 5.97. The number of halogens is 1. The minimum atomic E-state index is -0.253. The van der Waals surface area contributed by atoms with E-state index in [-0.39, 0.29) is 11.4 Å². The molecule has 1 N–H and O–H groups in total. The van der Waals surface area contributed by atoms with E-state index in [1.54, 1.807) is 31.5 Å². The van der Waals surface area contributed by atoms with Crippen LogP contribution in [0.2, 0.25) is 0 Å². The lowest BCUT2D eigenvalue weighted by Gasteiger charge is -2.20. The molecule has 0 bridgehead atoms. The Balaban J connectivity index is 2.08. The molecule has 0 aliphatic rings. The smallest absolute Gasteiger partial charge is 0.238 e. The summed E-state index contributed by atoms with van der Waals surface area (Å²) >= 11 is 0. The molecule has 112 valence electrons. The van der Waals surface area contributed by atoms with E-state index < -0.39 is 0 Å². The first-order chi connectivity index (χ1) is 9.83. The van der Waals surface area contributed by atoms with Crippen molar-refractivity contribution in [3.05, 3.63) is 47.7 Å². The first kappa shape index (κ1) is 15.4. The lowest BCUT2D eigenvalue weighted by atomic mass is 10.1. The number of nitrogens with zero attached hydrogens (tertiary/aromatic N) is 2. The van der Waals surface area contributed by atoms with Crippen molar-refractivity contribution in [3.63, 3.8) is 0 Å². The highest BCUT2D eigenvalue weighted by atomic mass is 19.1. The van der Waals surface area contributed by atoms with Crippen LogP contribution in [-0.4, -0.2) is 15.5 Å². The van der Waals surface area contributed by atoms with Gasteiger partial charge in [-0.05, 0) is 51.5 Å². The number of hydrogen-bond donors (Lipinski definition) is 1. The lowest BCUT2D eigenvalue weighted by molar-refractivity contribution is 0.414. The Labute approximate surface area is 124 Å². The van der Waals surface area contributed by atoms with Crippen molar-refractivity contribution in [2.45, 2.75) is 39.8 Å². The van der Waals surface area contributed by atoms with Crippen molar-refractivity contribution < 1.29 is 9.13 Å². The average Bonchev–Trinajstić information content (AvgIpc) is 2.40. The van der Waals surface area contributed by atoms with Gasteiger partial charge in [0.1, 0.15) is 11.6 Å². The monoisotopic (exact) mass is 289 g/mol. The van der Waals surface area contributed by atoms with Gasteiger partial charge < -0.3 is 10.1 Å². The summed E-state index contributed by atoms with van der Waals surface area (Å²) in [6, 6.07) is 4.59. The zero-order chi connectivity index (χ0) is 15.5. The number of nitrogens with one attached hydrogen (secondary N) is 1. The highest BCUT2D eigenvalue weighted by Crippen LogP contribution is 2.21. The molecule has 0 saturated carbocycles. The van der Waals surface area contributed by atoms with Crippen LogP contribution in [0.3, 0.4) is 0 Å². The van der Waals surface area contributed by atoms with E-state index in [0.717, 1.165) is 5.69 Å². The van der Waals surface area contributed by atoms with Gasteiger partial charge in [0, 0.05) is 18.3 Å². The van der Waals surface area contributed by atoms with Gasteiger partial charge in [0.2, 0.25) is 5.88 Å². The van der Waals surface area contributed by atoms with Crippen molar-refractivity contribution in [2.24, 2.45) is 0 Å². The molecule has 0 aliphatic carbocycles. The Kier molecular flexibility index (Phi) is 4.53. The minimum Gasteiger partial charge on any atom is -0.437 e. The van der Waals surface area contributed by atoms with Crippen LogP contribution < -0.4 is 10.1 Å². The van der Waals surface area contributed by atoms with Crippen molar-refractivity contribution >= 4 is 0 Å². The topological polar surface area (TPSA) is 47.0 Å². The molecule has 0 spiro atoms. The average molecular weight is 289 g/mol. The van der Waals surface area contributed by atoms with Crippen LogP contribution >= 0.6 is 0 Å². The largest absolute Gasteiger partial charge is 0.437 e. The van der Waals surface area contributed by atoms with Crippen LogP contribution in [0.15, 0.2) is 30.6 Å². The quantitative estimate of drug-likeness (QED) is 0.934. The molecule has 1 heterocycles. The summed E-state index contributed by atoms with van der Waals surface area (Å²) in [4.78, 5) is 8.50. The Morgan fingerprint density at radius 3 is 2.67 bits per heavy atom. The first-order valence-electron chi connectivity index (χ1n) is 6.83. The van der Waals surface area contributed by atoms with Crippen molar-refractivity contribution in [2.75, 3.05) is 0 Å². The van der Waals surface area contributed by atoms with Gasteiger partial charge in [0.25, 0.3) is 0 Å². The van der Waals surface area contributed by atoms with Gasteiger partial charge in [-0.3, -0.25) is 4.98 Å². The maximum atomic E-state index is 13.2. The molecule has 1 aromatic heterocycles. The molecule has 0 amide bonds. The van der Waals surface area contributed by atoms with Gasteiger partial charge >= 0.3 is 0 Å². The zero-order valence-electron chi connectivity index (χ0n) is 12.8. The molecule has 2 rings (SSSR count). The summed E-state index contributed by atoms with van der Waals surface area (Å²) < 4.78 is 18.8. The highest BCUT2D eigenvalue weighted by Gasteiger charge is 2.10. The second-order valence-corrected chi connectivity index (χ2v) is 5.97. The van der Waals surface area contributed by atoms with Gasteiger partial charge in [-0.1, -0.05) is 0 Å². The molecule has 21 heavy (non-hydrogen) atoms. The first-order valence-corrected chi connectivity index (χ1v) is 6.83. The van der Waals surface area contributed by atoms with E-state index in [1.807, 2.05) is 0 Å². The van der Waals surface area contributed by atoms with Crippen molar-refractivity contribution in [1.29, 1.82) is 0 Å². The number of rotatable bonds is 4. The molecular formula is C16H20FN3O. The van der Waals surface area contributed by atoms with Crippen LogP contribution in [0.5, 0.6) is 11.6 Å². The molecule has 1 aromatic carbocycles. The van der Waals surface area contributed by atoms with E-state index in [0.29, 0.717) is 23.7 Å². The van der Waals surface area contributed by atoms with Crippen LogP contribution in [0, 0.1) is 12.7 Å². The molecule has 0 aliphatic heterocycles. The third-order valence-electron chi connectivity index (χ3n) is 2.81. The molecule has 0 radical (unpaired) electrons. The van der Waals surface area contributed by atoms with Crippen LogP contribution in [0.1, 0.15) is 32.0 Å². The number of ether oxygens (including phenoxy) is 1. The van der Waals surface area contributed by atoms with Crippen molar-refractivity contribution in [1.82, 2.24) is 15.3 Å². The minimum absolute atomic E-state index is 0.00656. The number of benzene rings is 1. The Hall–Kier alpha value is -2.01. The summed E-state index contributed by atoms with van der Waals surface area (Å²) in [6.45, 7) is 8.56. The molecular weight excluding hydrogens is 269 g/mol. The van der Waals surface area contributed by atoms with E-state index in [1.165, 1.54) is 6.07 Å². The van der Waals surface area contributed by atoms with E-state index in [9.17, 15) is 4.39 Å². The van der Waals surface area contributed by atoms with E-state index in [4.69, 9.17) is 4.74 Å². The predicted octanol–water partition coefficient (Wildman–Crippen LogP) is 3.60. The maximum Gasteiger partial charge on any atom is 0.238 e. The third kappa shape index (κ3) is 4.79. The molecule has 4 nitrogen and oxygen atoms in total. The summed E-state index contributed by atoms with van der Waals surface area (Å²) in [5, 5.41) is 3.34. The summed E-state index contributed by atoms with van der Waals surface area (Å²) in [6.07, 6.45) is 3.24. The number of hydrogen-bond acceptors (Lipinski definition) is 4. The lowest BCUT2D eigenvalue weighted by Crippen LogP contribution is -2.35. The molecule has 0 fully saturated rings. The summed E-state index contributed by atoms with van der Waals surface area (Å²) in [5.41, 5.74) is 1.33. The molecule has 2 aromatic rings. The normalized spacial score (nSPS) is 11.5. The van der Waals surface area contributed by atoms with Crippen LogP contribution in [0.4, 0.5) is 4.39 Å². The Bertz CT molecular complexity index is 623. The number of aryl methyl sites for hydroxylation is 1. The second kappa shape index (κ2) is 6.18. The molecule has 5 heteroatoms. The Morgan fingerprint density at radius 1 is 1.24 bits per heavy atom. The van der Waals surface area contributed by atoms with Crippen LogP contribution in [0.25, 0.3) is 0 Å². The maximum absolute atomic E-state index is 13.2. The fraction of sp³-hybridized carbons (Fsp3) is 0.375. The number of aromatic nitrogens is 2. The standard InChI is InChI=1S/C16H20FN3O/c1-11-7-13(5-6-14(11)17)21-15-10-18-8-12(20-15)9-19-16(2,3)4/h5-8,10,19H,9H2,1-4H3.